The van der Waals surface area contributed by atoms with Gasteiger partial charge in [0.2, 0.25) is 5.95 Å². The van der Waals surface area contributed by atoms with Crippen LogP contribution >= 0.6 is 0 Å². The highest BCUT2D eigenvalue weighted by atomic mass is 19.1. The van der Waals surface area contributed by atoms with Crippen molar-refractivity contribution in [1.29, 1.82) is 0 Å². The van der Waals surface area contributed by atoms with Crippen molar-refractivity contribution in [2.24, 2.45) is 0 Å². The van der Waals surface area contributed by atoms with E-state index in [4.69, 9.17) is 10.5 Å². The molecule has 0 saturated carbocycles. The SMILES string of the molecule is COc1ccc2nc(N)n(Cc3ccc(F)cc3)c2c1. The Hall–Kier alpha value is -2.56. The van der Waals surface area contributed by atoms with Gasteiger partial charge < -0.3 is 15.0 Å². The zero-order chi connectivity index (χ0) is 14.1. The molecule has 3 aromatic rings. The van der Waals surface area contributed by atoms with Crippen LogP contribution in [0.5, 0.6) is 5.75 Å². The van der Waals surface area contributed by atoms with Crippen LogP contribution in [0.3, 0.4) is 0 Å². The lowest BCUT2D eigenvalue weighted by Gasteiger charge is -2.07. The Labute approximate surface area is 115 Å². The van der Waals surface area contributed by atoms with Crippen molar-refractivity contribution in [2.45, 2.75) is 6.54 Å². The van der Waals surface area contributed by atoms with E-state index in [-0.39, 0.29) is 5.82 Å². The molecule has 0 spiro atoms. The van der Waals surface area contributed by atoms with Gasteiger partial charge >= 0.3 is 0 Å². The zero-order valence-electron chi connectivity index (χ0n) is 11.0. The van der Waals surface area contributed by atoms with Crippen LogP contribution < -0.4 is 10.5 Å². The number of imidazole rings is 1. The summed E-state index contributed by atoms with van der Waals surface area (Å²) in [4.78, 5) is 4.31. The smallest absolute Gasteiger partial charge is 0.201 e. The molecule has 0 saturated heterocycles. The predicted molar refractivity (Wildman–Crippen MR) is 76.2 cm³/mol. The van der Waals surface area contributed by atoms with Gasteiger partial charge in [0.25, 0.3) is 0 Å². The molecule has 0 aliphatic heterocycles. The molecule has 0 aliphatic rings. The summed E-state index contributed by atoms with van der Waals surface area (Å²) in [6.07, 6.45) is 0. The molecule has 1 aromatic heterocycles. The van der Waals surface area contributed by atoms with E-state index < -0.39 is 0 Å². The maximum atomic E-state index is 12.9. The van der Waals surface area contributed by atoms with Crippen LogP contribution in [-0.2, 0) is 6.54 Å². The molecule has 102 valence electrons. The molecule has 0 bridgehead atoms. The lowest BCUT2D eigenvalue weighted by atomic mass is 10.2. The first-order valence-electron chi connectivity index (χ1n) is 6.21. The summed E-state index contributed by atoms with van der Waals surface area (Å²) in [5, 5.41) is 0. The first-order valence-corrected chi connectivity index (χ1v) is 6.21. The van der Waals surface area contributed by atoms with Crippen LogP contribution in [-0.4, -0.2) is 16.7 Å². The number of rotatable bonds is 3. The Morgan fingerprint density at radius 2 is 1.95 bits per heavy atom. The fraction of sp³-hybridized carbons (Fsp3) is 0.133. The summed E-state index contributed by atoms with van der Waals surface area (Å²) in [7, 11) is 1.62. The van der Waals surface area contributed by atoms with Crippen LogP contribution in [0, 0.1) is 5.82 Å². The molecular weight excluding hydrogens is 257 g/mol. The Morgan fingerprint density at radius 3 is 2.65 bits per heavy atom. The number of anilines is 1. The maximum absolute atomic E-state index is 12.9. The standard InChI is InChI=1S/C15H14FN3O/c1-20-12-6-7-13-14(8-12)19(15(17)18-13)9-10-2-4-11(16)5-3-10/h2-8H,9H2,1H3,(H2,17,18). The molecule has 0 unspecified atom stereocenters. The minimum absolute atomic E-state index is 0.251. The van der Waals surface area contributed by atoms with Gasteiger partial charge in [-0.15, -0.1) is 0 Å². The average Bonchev–Trinajstić information content (AvgIpc) is 2.77. The van der Waals surface area contributed by atoms with Crippen molar-refractivity contribution in [3.63, 3.8) is 0 Å². The fourth-order valence-electron chi connectivity index (χ4n) is 2.19. The molecular formula is C15H14FN3O. The molecule has 0 atom stereocenters. The largest absolute Gasteiger partial charge is 0.497 e. The third-order valence-corrected chi connectivity index (χ3v) is 3.24. The lowest BCUT2D eigenvalue weighted by molar-refractivity contribution is 0.415. The molecule has 0 radical (unpaired) electrons. The number of methoxy groups -OCH3 is 1. The second-order valence-corrected chi connectivity index (χ2v) is 4.54. The highest BCUT2D eigenvalue weighted by Gasteiger charge is 2.09. The van der Waals surface area contributed by atoms with Crippen LogP contribution in [0.4, 0.5) is 10.3 Å². The first-order chi connectivity index (χ1) is 9.67. The van der Waals surface area contributed by atoms with Crippen LogP contribution in [0.2, 0.25) is 0 Å². The minimum Gasteiger partial charge on any atom is -0.497 e. The van der Waals surface area contributed by atoms with E-state index in [1.54, 1.807) is 19.2 Å². The maximum Gasteiger partial charge on any atom is 0.201 e. The summed E-state index contributed by atoms with van der Waals surface area (Å²) in [6.45, 7) is 0.537. The van der Waals surface area contributed by atoms with Crippen molar-refractivity contribution in [3.8, 4) is 5.75 Å². The van der Waals surface area contributed by atoms with Gasteiger partial charge in [-0.2, -0.15) is 0 Å². The predicted octanol–water partition coefficient (Wildman–Crippen LogP) is 2.81. The topological polar surface area (TPSA) is 53.1 Å². The lowest BCUT2D eigenvalue weighted by Crippen LogP contribution is -2.04. The summed E-state index contributed by atoms with van der Waals surface area (Å²) >= 11 is 0. The molecule has 3 rings (SSSR count). The van der Waals surface area contributed by atoms with Gasteiger partial charge in [0.15, 0.2) is 0 Å². The summed E-state index contributed by atoms with van der Waals surface area (Å²) in [5.41, 5.74) is 8.62. The quantitative estimate of drug-likeness (QED) is 0.797. The van der Waals surface area contributed by atoms with E-state index in [1.165, 1.54) is 12.1 Å². The van der Waals surface area contributed by atoms with E-state index in [0.29, 0.717) is 12.5 Å². The number of nitrogens with two attached hydrogens (primary N) is 1. The number of nitrogen functional groups attached to an aromatic ring is 1. The highest BCUT2D eigenvalue weighted by molar-refractivity contribution is 5.80. The summed E-state index contributed by atoms with van der Waals surface area (Å²) in [6, 6.07) is 11.9. The van der Waals surface area contributed by atoms with Crippen molar-refractivity contribution in [1.82, 2.24) is 9.55 Å². The molecule has 4 nitrogen and oxygen atoms in total. The Bertz CT molecular complexity index is 750. The second-order valence-electron chi connectivity index (χ2n) is 4.54. The monoisotopic (exact) mass is 271 g/mol. The molecule has 2 N–H and O–H groups in total. The summed E-state index contributed by atoms with van der Waals surface area (Å²) < 4.78 is 20.0. The van der Waals surface area contributed by atoms with Crippen LogP contribution in [0.25, 0.3) is 11.0 Å². The van der Waals surface area contributed by atoms with E-state index in [0.717, 1.165) is 22.3 Å². The van der Waals surface area contributed by atoms with Gasteiger partial charge in [0, 0.05) is 6.07 Å². The Kier molecular flexibility index (Phi) is 3.02. The van der Waals surface area contributed by atoms with E-state index >= 15 is 0 Å². The van der Waals surface area contributed by atoms with Gasteiger partial charge in [0.1, 0.15) is 11.6 Å². The minimum atomic E-state index is -0.251. The van der Waals surface area contributed by atoms with Gasteiger partial charge in [0.05, 0.1) is 24.7 Å². The number of halogens is 1. The van der Waals surface area contributed by atoms with E-state index in [1.807, 2.05) is 22.8 Å². The Morgan fingerprint density at radius 1 is 1.20 bits per heavy atom. The van der Waals surface area contributed by atoms with Crippen molar-refractivity contribution >= 4 is 17.0 Å². The molecule has 20 heavy (non-hydrogen) atoms. The molecule has 2 aromatic carbocycles. The molecule has 0 fully saturated rings. The van der Waals surface area contributed by atoms with Crippen molar-refractivity contribution < 1.29 is 9.13 Å². The summed E-state index contributed by atoms with van der Waals surface area (Å²) in [5.74, 6) is 0.925. The van der Waals surface area contributed by atoms with E-state index in [9.17, 15) is 4.39 Å². The molecule has 1 heterocycles. The van der Waals surface area contributed by atoms with Crippen LogP contribution in [0.15, 0.2) is 42.5 Å². The average molecular weight is 271 g/mol. The van der Waals surface area contributed by atoms with Gasteiger partial charge in [-0.05, 0) is 29.8 Å². The number of aromatic nitrogens is 2. The molecule has 0 amide bonds. The van der Waals surface area contributed by atoms with Crippen LogP contribution in [0.1, 0.15) is 5.56 Å². The first kappa shape index (κ1) is 12.5. The third kappa shape index (κ3) is 2.18. The van der Waals surface area contributed by atoms with E-state index in [2.05, 4.69) is 4.98 Å². The number of ether oxygens (including phenoxy) is 1. The van der Waals surface area contributed by atoms with Crippen molar-refractivity contribution in [3.05, 3.63) is 53.8 Å². The third-order valence-electron chi connectivity index (χ3n) is 3.24. The van der Waals surface area contributed by atoms with Gasteiger partial charge in [-0.25, -0.2) is 9.37 Å². The second kappa shape index (κ2) is 4.85. The number of fused-ring (bicyclic) bond motifs is 1. The van der Waals surface area contributed by atoms with Gasteiger partial charge in [-0.1, -0.05) is 12.1 Å². The fourth-order valence-corrected chi connectivity index (χ4v) is 2.19. The number of hydrogen-bond donors (Lipinski definition) is 1. The number of nitrogens with zero attached hydrogens (tertiary/aromatic N) is 2. The number of hydrogen-bond acceptors (Lipinski definition) is 3. The van der Waals surface area contributed by atoms with Gasteiger partial charge in [-0.3, -0.25) is 0 Å². The normalized spacial score (nSPS) is 10.9. The zero-order valence-corrected chi connectivity index (χ0v) is 11.0. The highest BCUT2D eigenvalue weighted by Crippen LogP contribution is 2.24. The molecule has 5 heteroatoms. The Balaban J connectivity index is 2.05. The number of benzene rings is 2. The van der Waals surface area contributed by atoms with Crippen molar-refractivity contribution in [2.75, 3.05) is 12.8 Å². The molecule has 0 aliphatic carbocycles.